The highest BCUT2D eigenvalue weighted by molar-refractivity contribution is 9.09. The maximum atomic E-state index is 11.3. The molecule has 0 aromatic carbocycles. The predicted molar refractivity (Wildman–Crippen MR) is 73.0 cm³/mol. The summed E-state index contributed by atoms with van der Waals surface area (Å²) in [5.74, 6) is -0.239. The van der Waals surface area contributed by atoms with Gasteiger partial charge < -0.3 is 0 Å². The molecule has 0 aliphatic heterocycles. The van der Waals surface area contributed by atoms with Crippen molar-refractivity contribution in [2.75, 3.05) is 5.33 Å². The van der Waals surface area contributed by atoms with Gasteiger partial charge in [-0.3, -0.25) is 4.89 Å². The lowest BCUT2D eigenvalue weighted by Gasteiger charge is -2.11. The monoisotopic (exact) mass is 308 g/mol. The molecule has 0 spiro atoms. The van der Waals surface area contributed by atoms with E-state index in [0.717, 1.165) is 31.0 Å². The Kier molecular flexibility index (Phi) is 12.3. The minimum atomic E-state index is -0.239. The maximum absolute atomic E-state index is 11.3. The van der Waals surface area contributed by atoms with Crippen LogP contribution in [0.1, 0.15) is 65.2 Å². The van der Waals surface area contributed by atoms with Crippen LogP contribution in [0.5, 0.6) is 0 Å². The maximum Gasteiger partial charge on any atom is 0.342 e. The zero-order chi connectivity index (χ0) is 12.9. The molecule has 0 unspecified atom stereocenters. The number of alkyl halides is 1. The fourth-order valence-electron chi connectivity index (χ4n) is 1.48. The molecule has 0 bridgehead atoms. The highest BCUT2D eigenvalue weighted by Gasteiger charge is 2.09. The minimum Gasteiger partial charge on any atom is -0.298 e. The zero-order valence-corrected chi connectivity index (χ0v) is 12.6. The van der Waals surface area contributed by atoms with Gasteiger partial charge in [0.1, 0.15) is 6.10 Å². The fraction of sp³-hybridized carbons (Fsp3) is 0.923. The number of carbonyl (C=O) groups excluding carboxylic acids is 1. The number of unbranched alkanes of at least 4 members (excludes halogenated alkanes) is 4. The van der Waals surface area contributed by atoms with Crippen molar-refractivity contribution in [3.05, 3.63) is 0 Å². The standard InChI is InChI=1S/C13H25BrO3/c1-3-12(4-2)16-17-13(15)10-8-6-5-7-9-11-14/h12H,3-11H2,1-2H3. The Hall–Kier alpha value is -0.0900. The molecule has 0 aliphatic rings. The molecule has 0 amide bonds. The van der Waals surface area contributed by atoms with Gasteiger partial charge in [-0.05, 0) is 25.7 Å². The van der Waals surface area contributed by atoms with E-state index in [1.165, 1.54) is 19.3 Å². The highest BCUT2D eigenvalue weighted by Crippen LogP contribution is 2.08. The third kappa shape index (κ3) is 10.8. The van der Waals surface area contributed by atoms with Gasteiger partial charge >= 0.3 is 5.97 Å². The van der Waals surface area contributed by atoms with Crippen LogP contribution in [-0.4, -0.2) is 17.4 Å². The normalized spacial score (nSPS) is 10.8. The third-order valence-electron chi connectivity index (χ3n) is 2.70. The van der Waals surface area contributed by atoms with E-state index in [4.69, 9.17) is 9.78 Å². The van der Waals surface area contributed by atoms with Crippen LogP contribution < -0.4 is 0 Å². The molecule has 0 radical (unpaired) electrons. The van der Waals surface area contributed by atoms with Crippen molar-refractivity contribution in [3.63, 3.8) is 0 Å². The number of hydrogen-bond donors (Lipinski definition) is 0. The van der Waals surface area contributed by atoms with Crippen LogP contribution in [0.4, 0.5) is 0 Å². The first-order valence-electron chi connectivity index (χ1n) is 6.66. The van der Waals surface area contributed by atoms with Crippen molar-refractivity contribution in [1.29, 1.82) is 0 Å². The lowest BCUT2D eigenvalue weighted by Crippen LogP contribution is -2.14. The van der Waals surface area contributed by atoms with Crippen LogP contribution in [0.2, 0.25) is 0 Å². The molecule has 0 heterocycles. The summed E-state index contributed by atoms with van der Waals surface area (Å²) in [7, 11) is 0. The van der Waals surface area contributed by atoms with Crippen molar-refractivity contribution in [3.8, 4) is 0 Å². The van der Waals surface area contributed by atoms with E-state index in [1.54, 1.807) is 0 Å². The largest absolute Gasteiger partial charge is 0.342 e. The van der Waals surface area contributed by atoms with Crippen molar-refractivity contribution >= 4 is 21.9 Å². The first kappa shape index (κ1) is 16.9. The summed E-state index contributed by atoms with van der Waals surface area (Å²) in [6, 6.07) is 0. The number of halogens is 1. The second-order valence-corrected chi connectivity index (χ2v) is 4.99. The molecule has 0 aromatic heterocycles. The molecule has 17 heavy (non-hydrogen) atoms. The molecule has 4 heteroatoms. The van der Waals surface area contributed by atoms with Crippen molar-refractivity contribution in [2.45, 2.75) is 71.3 Å². The Morgan fingerprint density at radius 1 is 1.06 bits per heavy atom. The van der Waals surface area contributed by atoms with E-state index >= 15 is 0 Å². The summed E-state index contributed by atoms with van der Waals surface area (Å²) >= 11 is 3.40. The summed E-state index contributed by atoms with van der Waals surface area (Å²) < 4.78 is 0. The van der Waals surface area contributed by atoms with E-state index < -0.39 is 0 Å². The van der Waals surface area contributed by atoms with Crippen LogP contribution >= 0.6 is 15.9 Å². The second-order valence-electron chi connectivity index (χ2n) is 4.20. The third-order valence-corrected chi connectivity index (χ3v) is 3.26. The Morgan fingerprint density at radius 2 is 1.65 bits per heavy atom. The molecule has 0 fully saturated rings. The summed E-state index contributed by atoms with van der Waals surface area (Å²) in [6.07, 6.45) is 7.86. The van der Waals surface area contributed by atoms with E-state index in [-0.39, 0.29) is 12.1 Å². The van der Waals surface area contributed by atoms with Gasteiger partial charge in [0, 0.05) is 11.8 Å². The van der Waals surface area contributed by atoms with Gasteiger partial charge in [0.2, 0.25) is 0 Å². The van der Waals surface area contributed by atoms with Crippen LogP contribution in [0.25, 0.3) is 0 Å². The van der Waals surface area contributed by atoms with Crippen LogP contribution in [0.15, 0.2) is 0 Å². The Morgan fingerprint density at radius 3 is 2.24 bits per heavy atom. The lowest BCUT2D eigenvalue weighted by molar-refractivity contribution is -0.298. The van der Waals surface area contributed by atoms with Crippen molar-refractivity contribution in [2.24, 2.45) is 0 Å². The topological polar surface area (TPSA) is 35.5 Å². The Labute approximate surface area is 113 Å². The molecule has 0 saturated heterocycles. The van der Waals surface area contributed by atoms with Crippen molar-refractivity contribution in [1.82, 2.24) is 0 Å². The first-order chi connectivity index (χ1) is 8.24. The molecule has 0 rings (SSSR count). The summed E-state index contributed by atoms with van der Waals surface area (Å²) in [5, 5.41) is 1.07. The van der Waals surface area contributed by atoms with Gasteiger partial charge in [0.15, 0.2) is 0 Å². The number of rotatable bonds is 11. The van der Waals surface area contributed by atoms with Gasteiger partial charge in [-0.2, -0.15) is 4.89 Å². The summed E-state index contributed by atoms with van der Waals surface area (Å²) in [4.78, 5) is 21.1. The molecule has 0 aromatic rings. The average Bonchev–Trinajstić information content (AvgIpc) is 2.35. The molecule has 0 aliphatic carbocycles. The van der Waals surface area contributed by atoms with Gasteiger partial charge in [-0.25, -0.2) is 4.79 Å². The Balaban J connectivity index is 3.34. The number of carbonyl (C=O) groups is 1. The van der Waals surface area contributed by atoms with Gasteiger partial charge in [-0.15, -0.1) is 0 Å². The van der Waals surface area contributed by atoms with E-state index in [9.17, 15) is 4.79 Å². The van der Waals surface area contributed by atoms with Crippen LogP contribution in [0.3, 0.4) is 0 Å². The SMILES string of the molecule is CCC(CC)OOC(=O)CCCCCCCBr. The fourth-order valence-corrected chi connectivity index (χ4v) is 1.88. The quantitative estimate of drug-likeness (QED) is 0.246. The average molecular weight is 309 g/mol. The number of hydrogen-bond acceptors (Lipinski definition) is 3. The Bertz CT molecular complexity index is 182. The van der Waals surface area contributed by atoms with E-state index in [0.29, 0.717) is 6.42 Å². The second kappa shape index (κ2) is 12.4. The van der Waals surface area contributed by atoms with Gasteiger partial charge in [0.05, 0.1) is 0 Å². The highest BCUT2D eigenvalue weighted by atomic mass is 79.9. The molecular weight excluding hydrogens is 284 g/mol. The smallest absolute Gasteiger partial charge is 0.298 e. The molecule has 3 nitrogen and oxygen atoms in total. The van der Waals surface area contributed by atoms with Crippen molar-refractivity contribution < 1.29 is 14.6 Å². The minimum absolute atomic E-state index is 0.0397. The molecule has 102 valence electrons. The summed E-state index contributed by atoms with van der Waals surface area (Å²) in [5.41, 5.74) is 0. The van der Waals surface area contributed by atoms with Crippen LogP contribution in [-0.2, 0) is 14.6 Å². The first-order valence-corrected chi connectivity index (χ1v) is 7.78. The van der Waals surface area contributed by atoms with E-state index in [2.05, 4.69) is 15.9 Å². The van der Waals surface area contributed by atoms with Gasteiger partial charge in [-0.1, -0.05) is 49.0 Å². The molecule has 0 atom stereocenters. The molecule has 0 saturated carbocycles. The van der Waals surface area contributed by atoms with Gasteiger partial charge in [0.25, 0.3) is 0 Å². The molecule has 0 N–H and O–H groups in total. The zero-order valence-electron chi connectivity index (χ0n) is 11.0. The summed E-state index contributed by atoms with van der Waals surface area (Å²) in [6.45, 7) is 4.04. The molecular formula is C13H25BrO3. The van der Waals surface area contributed by atoms with Crippen LogP contribution in [0, 0.1) is 0 Å². The predicted octanol–water partition coefficient (Wildman–Crippen LogP) is 4.39. The lowest BCUT2D eigenvalue weighted by atomic mass is 10.1. The van der Waals surface area contributed by atoms with E-state index in [1.807, 2.05) is 13.8 Å².